The summed E-state index contributed by atoms with van der Waals surface area (Å²) in [4.78, 5) is 17.7. The molecule has 3 heteroatoms. The van der Waals surface area contributed by atoms with Crippen molar-refractivity contribution in [3.63, 3.8) is 0 Å². The lowest BCUT2D eigenvalue weighted by molar-refractivity contribution is -0.131. The topological polar surface area (TPSA) is 24.7 Å². The lowest BCUT2D eigenvalue weighted by Gasteiger charge is -2.33. The second-order valence-electron chi connectivity index (χ2n) is 4.98. The van der Waals surface area contributed by atoms with Crippen LogP contribution >= 0.6 is 0 Å². The monoisotopic (exact) mass is 232 g/mol. The Kier molecular flexibility index (Phi) is 3.83. The number of carbonyl (C=O) groups excluding carboxylic acids is 1. The van der Waals surface area contributed by atoms with Crippen molar-refractivity contribution in [2.24, 2.45) is 0 Å². The highest BCUT2D eigenvalue weighted by atomic mass is 16.2. The van der Waals surface area contributed by atoms with E-state index in [1.165, 1.54) is 12.0 Å². The molecule has 17 heavy (non-hydrogen) atoms. The zero-order valence-corrected chi connectivity index (χ0v) is 10.5. The van der Waals surface area contributed by atoms with E-state index in [0.717, 1.165) is 50.8 Å². The number of amides is 1. The van der Waals surface area contributed by atoms with Gasteiger partial charge in [0.2, 0.25) is 0 Å². The van der Waals surface area contributed by atoms with E-state index in [1.54, 1.807) is 0 Å². The molecule has 0 fully saturated rings. The summed E-state index contributed by atoms with van der Waals surface area (Å²) in [5, 5.41) is 0. The Bertz CT molecular complexity index is 378. The predicted molar refractivity (Wildman–Crippen MR) is 67.4 cm³/mol. The first-order chi connectivity index (χ1) is 8.27. The minimum atomic E-state index is -0.490. The third kappa shape index (κ3) is 2.36. The number of unbranched alkanes of at least 4 members (excludes halogenated alkanes) is 1. The van der Waals surface area contributed by atoms with E-state index < -0.39 is 6.04 Å². The van der Waals surface area contributed by atoms with Gasteiger partial charge in [0.15, 0.2) is 0 Å². The van der Waals surface area contributed by atoms with Crippen LogP contribution in [0.2, 0.25) is 0 Å². The molecule has 0 aromatic carbocycles. The number of hydrogen-bond donors (Lipinski definition) is 0. The fourth-order valence-electron chi connectivity index (χ4n) is 2.80. The Morgan fingerprint density at radius 2 is 2.18 bits per heavy atom. The summed E-state index contributed by atoms with van der Waals surface area (Å²) in [6.45, 7) is 11.0. The predicted octanol–water partition coefficient (Wildman–Crippen LogP) is 2.79. The van der Waals surface area contributed by atoms with Crippen LogP contribution in [0, 0.1) is 6.57 Å². The van der Waals surface area contributed by atoms with Crippen molar-refractivity contribution >= 4 is 5.91 Å². The molecule has 0 spiro atoms. The Balaban J connectivity index is 2.19. The summed E-state index contributed by atoms with van der Waals surface area (Å²) >= 11 is 0. The molecule has 0 radical (unpaired) electrons. The SMILES string of the molecule is [C-]#[N+]C1C(=O)N(CCCC)CC2=C1CCCC2. The molecule has 1 aliphatic carbocycles. The highest BCUT2D eigenvalue weighted by Gasteiger charge is 2.39. The van der Waals surface area contributed by atoms with Crippen molar-refractivity contribution in [3.8, 4) is 0 Å². The first-order valence-electron chi connectivity index (χ1n) is 6.64. The van der Waals surface area contributed by atoms with E-state index >= 15 is 0 Å². The van der Waals surface area contributed by atoms with Gasteiger partial charge in [0.25, 0.3) is 0 Å². The minimum Gasteiger partial charge on any atom is -0.332 e. The molecule has 1 heterocycles. The zero-order chi connectivity index (χ0) is 12.3. The Hall–Kier alpha value is -1.30. The van der Waals surface area contributed by atoms with Gasteiger partial charge >= 0.3 is 11.9 Å². The summed E-state index contributed by atoms with van der Waals surface area (Å²) in [7, 11) is 0. The van der Waals surface area contributed by atoms with Crippen molar-refractivity contribution in [1.29, 1.82) is 0 Å². The maximum absolute atomic E-state index is 12.2. The van der Waals surface area contributed by atoms with Crippen LogP contribution in [0.5, 0.6) is 0 Å². The summed E-state index contributed by atoms with van der Waals surface area (Å²) < 4.78 is 0. The molecule has 1 aliphatic heterocycles. The van der Waals surface area contributed by atoms with Gasteiger partial charge in [0.1, 0.15) is 0 Å². The van der Waals surface area contributed by atoms with Crippen LogP contribution in [-0.2, 0) is 4.79 Å². The molecule has 2 aliphatic rings. The van der Waals surface area contributed by atoms with Crippen molar-refractivity contribution < 1.29 is 4.79 Å². The van der Waals surface area contributed by atoms with Crippen LogP contribution in [0.15, 0.2) is 11.1 Å². The van der Waals surface area contributed by atoms with Gasteiger partial charge in [-0.3, -0.25) is 9.64 Å². The summed E-state index contributed by atoms with van der Waals surface area (Å²) in [5.41, 5.74) is 2.54. The quantitative estimate of drug-likeness (QED) is 0.542. The molecule has 0 saturated heterocycles. The Morgan fingerprint density at radius 3 is 2.88 bits per heavy atom. The highest BCUT2D eigenvalue weighted by Crippen LogP contribution is 2.33. The molecule has 92 valence electrons. The van der Waals surface area contributed by atoms with E-state index in [4.69, 9.17) is 6.57 Å². The van der Waals surface area contributed by atoms with Gasteiger partial charge in [-0.05, 0) is 37.7 Å². The summed E-state index contributed by atoms with van der Waals surface area (Å²) in [5.74, 6) is 0.0501. The Labute approximate surface area is 103 Å². The standard InChI is InChI=1S/C14H20N2O/c1-3-4-9-16-10-11-7-5-6-8-12(11)13(15-2)14(16)17/h13H,3-10H2,1H3. The molecule has 3 nitrogen and oxygen atoms in total. The van der Waals surface area contributed by atoms with Crippen LogP contribution in [0.25, 0.3) is 4.85 Å². The Morgan fingerprint density at radius 1 is 1.41 bits per heavy atom. The molecule has 0 saturated carbocycles. The zero-order valence-electron chi connectivity index (χ0n) is 10.5. The first-order valence-corrected chi connectivity index (χ1v) is 6.64. The van der Waals surface area contributed by atoms with Crippen LogP contribution in [0.1, 0.15) is 45.4 Å². The largest absolute Gasteiger partial charge is 0.332 e. The second-order valence-corrected chi connectivity index (χ2v) is 4.98. The van der Waals surface area contributed by atoms with E-state index in [2.05, 4.69) is 11.8 Å². The van der Waals surface area contributed by atoms with Crippen LogP contribution in [0.4, 0.5) is 0 Å². The van der Waals surface area contributed by atoms with Gasteiger partial charge in [-0.1, -0.05) is 13.3 Å². The number of carbonyl (C=O) groups is 1. The van der Waals surface area contributed by atoms with Gasteiger partial charge in [0, 0.05) is 18.7 Å². The summed E-state index contributed by atoms with van der Waals surface area (Å²) in [6, 6.07) is -0.490. The molecule has 1 amide bonds. The van der Waals surface area contributed by atoms with Crippen molar-refractivity contribution in [3.05, 3.63) is 22.6 Å². The number of nitrogens with zero attached hydrogens (tertiary/aromatic N) is 2. The van der Waals surface area contributed by atoms with Crippen LogP contribution in [-0.4, -0.2) is 29.9 Å². The van der Waals surface area contributed by atoms with Gasteiger partial charge in [-0.2, -0.15) is 0 Å². The van der Waals surface area contributed by atoms with Crippen molar-refractivity contribution in [2.45, 2.75) is 51.5 Å². The normalized spacial score (nSPS) is 24.6. The smallest absolute Gasteiger partial charge is 0.321 e. The van der Waals surface area contributed by atoms with Gasteiger partial charge in [-0.25, -0.2) is 6.57 Å². The molecule has 0 bridgehead atoms. The minimum absolute atomic E-state index is 0.0501. The molecule has 1 unspecified atom stereocenters. The van der Waals surface area contributed by atoms with E-state index in [9.17, 15) is 4.79 Å². The molecule has 2 rings (SSSR count). The van der Waals surface area contributed by atoms with Gasteiger partial charge < -0.3 is 4.90 Å². The number of hydrogen-bond acceptors (Lipinski definition) is 1. The fourth-order valence-corrected chi connectivity index (χ4v) is 2.80. The lowest BCUT2D eigenvalue weighted by Crippen LogP contribution is -2.45. The van der Waals surface area contributed by atoms with Crippen LogP contribution in [0.3, 0.4) is 0 Å². The molecule has 0 aromatic heterocycles. The summed E-state index contributed by atoms with van der Waals surface area (Å²) in [6.07, 6.45) is 6.57. The van der Waals surface area contributed by atoms with Crippen molar-refractivity contribution in [1.82, 2.24) is 4.90 Å². The van der Waals surface area contributed by atoms with E-state index in [1.807, 2.05) is 4.90 Å². The molecular weight excluding hydrogens is 212 g/mol. The average molecular weight is 232 g/mol. The maximum Gasteiger partial charge on any atom is 0.321 e. The lowest BCUT2D eigenvalue weighted by atomic mass is 9.84. The van der Waals surface area contributed by atoms with E-state index in [-0.39, 0.29) is 5.91 Å². The number of rotatable bonds is 3. The van der Waals surface area contributed by atoms with Crippen LogP contribution < -0.4 is 0 Å². The average Bonchev–Trinajstić information content (AvgIpc) is 2.36. The highest BCUT2D eigenvalue weighted by molar-refractivity contribution is 5.88. The maximum atomic E-state index is 12.2. The van der Waals surface area contributed by atoms with Gasteiger partial charge in [-0.15, -0.1) is 0 Å². The molecule has 0 aromatic rings. The van der Waals surface area contributed by atoms with E-state index in [0.29, 0.717) is 0 Å². The van der Waals surface area contributed by atoms with Gasteiger partial charge in [0.05, 0.1) is 0 Å². The second kappa shape index (κ2) is 5.35. The molecular formula is C14H20N2O. The third-order valence-corrected chi connectivity index (χ3v) is 3.80. The first kappa shape index (κ1) is 12.2. The fraction of sp³-hybridized carbons (Fsp3) is 0.714. The van der Waals surface area contributed by atoms with Crippen molar-refractivity contribution in [2.75, 3.05) is 13.1 Å². The molecule has 1 atom stereocenters. The molecule has 0 N–H and O–H groups in total. The third-order valence-electron chi connectivity index (χ3n) is 3.80.